The summed E-state index contributed by atoms with van der Waals surface area (Å²) >= 11 is 0. The number of ether oxygens (including phenoxy) is 1. The molecular weight excluding hydrogens is 254 g/mol. The lowest BCUT2D eigenvalue weighted by atomic mass is 9.95. The van der Waals surface area contributed by atoms with Crippen LogP contribution in [0.15, 0.2) is 39.8 Å². The van der Waals surface area contributed by atoms with Gasteiger partial charge in [0.15, 0.2) is 5.78 Å². The maximum absolute atomic E-state index is 11.7. The Bertz CT molecular complexity index is 643. The minimum atomic E-state index is -0.0479. The van der Waals surface area contributed by atoms with Crippen LogP contribution in [-0.4, -0.2) is 31.4 Å². The van der Waals surface area contributed by atoms with Gasteiger partial charge in [0.05, 0.1) is 18.5 Å². The molecule has 104 valence electrons. The molecule has 0 radical (unpaired) electrons. The molecule has 5 nitrogen and oxygen atoms in total. The maximum atomic E-state index is 11.7. The Morgan fingerprint density at radius 1 is 1.30 bits per heavy atom. The Morgan fingerprint density at radius 3 is 2.70 bits per heavy atom. The first-order valence-electron chi connectivity index (χ1n) is 6.25. The fraction of sp³-hybridized carbons (Fsp3) is 0.267. The highest BCUT2D eigenvalue weighted by Crippen LogP contribution is 2.30. The van der Waals surface area contributed by atoms with Crippen LogP contribution in [0.25, 0.3) is 0 Å². The van der Waals surface area contributed by atoms with Crippen molar-refractivity contribution in [3.63, 3.8) is 0 Å². The number of carbonyl (C=O) groups is 1. The average Bonchev–Trinajstić information content (AvgIpc) is 2.43. The van der Waals surface area contributed by atoms with Gasteiger partial charge in [0.1, 0.15) is 11.4 Å². The molecular formula is C15H17N3O2. The van der Waals surface area contributed by atoms with E-state index in [1.165, 1.54) is 0 Å². The molecule has 0 aliphatic heterocycles. The summed E-state index contributed by atoms with van der Waals surface area (Å²) in [5.74, 6) is 0.561. The quantitative estimate of drug-likeness (QED) is 0.839. The Labute approximate surface area is 117 Å². The summed E-state index contributed by atoms with van der Waals surface area (Å²) in [6.07, 6.45) is 2.00. The van der Waals surface area contributed by atoms with Crippen LogP contribution >= 0.6 is 0 Å². The van der Waals surface area contributed by atoms with E-state index in [0.29, 0.717) is 29.3 Å². The second-order valence-electron chi connectivity index (χ2n) is 4.53. The van der Waals surface area contributed by atoms with Crippen molar-refractivity contribution < 1.29 is 9.53 Å². The highest BCUT2D eigenvalue weighted by molar-refractivity contribution is 6.50. The number of allylic oxidation sites excluding steroid dienone is 2. The Hall–Kier alpha value is -2.43. The number of aliphatic imine (C=N–C) groups is 2. The van der Waals surface area contributed by atoms with Gasteiger partial charge in [-0.05, 0) is 30.7 Å². The van der Waals surface area contributed by atoms with Crippen LogP contribution < -0.4 is 10.5 Å². The zero-order valence-electron chi connectivity index (χ0n) is 11.8. The van der Waals surface area contributed by atoms with Gasteiger partial charge in [0.2, 0.25) is 0 Å². The highest BCUT2D eigenvalue weighted by Gasteiger charge is 2.20. The number of nitrogens with zero attached hydrogens (tertiary/aromatic N) is 2. The van der Waals surface area contributed by atoms with Gasteiger partial charge in [-0.3, -0.25) is 9.79 Å². The van der Waals surface area contributed by atoms with Crippen LogP contribution in [0.3, 0.4) is 0 Å². The molecule has 0 aromatic heterocycles. The number of ketones is 1. The lowest BCUT2D eigenvalue weighted by Crippen LogP contribution is -2.23. The molecule has 0 fully saturated rings. The molecule has 0 amide bonds. The summed E-state index contributed by atoms with van der Waals surface area (Å²) in [7, 11) is 3.19. The zero-order valence-corrected chi connectivity index (χ0v) is 11.8. The van der Waals surface area contributed by atoms with Crippen LogP contribution in [0.5, 0.6) is 5.75 Å². The fourth-order valence-corrected chi connectivity index (χ4v) is 2.00. The fourth-order valence-electron chi connectivity index (χ4n) is 2.00. The van der Waals surface area contributed by atoms with E-state index in [1.807, 2.05) is 6.92 Å². The lowest BCUT2D eigenvalue weighted by Gasteiger charge is -2.14. The van der Waals surface area contributed by atoms with E-state index >= 15 is 0 Å². The van der Waals surface area contributed by atoms with Crippen molar-refractivity contribution in [2.24, 2.45) is 9.98 Å². The zero-order chi connectivity index (χ0) is 14.7. The first kappa shape index (κ1) is 14.0. The maximum Gasteiger partial charge on any atom is 0.200 e. The monoisotopic (exact) mass is 271 g/mol. The third kappa shape index (κ3) is 2.77. The summed E-state index contributed by atoms with van der Waals surface area (Å²) in [6.45, 7) is 1.87. The van der Waals surface area contributed by atoms with Gasteiger partial charge < -0.3 is 10.5 Å². The van der Waals surface area contributed by atoms with E-state index < -0.39 is 0 Å². The molecule has 0 spiro atoms. The molecule has 2 N–H and O–H groups in total. The van der Waals surface area contributed by atoms with Gasteiger partial charge in [0, 0.05) is 25.2 Å². The van der Waals surface area contributed by atoms with Gasteiger partial charge in [0.25, 0.3) is 0 Å². The molecule has 0 saturated heterocycles. The van der Waals surface area contributed by atoms with E-state index in [1.54, 1.807) is 38.4 Å². The first-order chi connectivity index (χ1) is 9.55. The number of hydrogen-bond acceptors (Lipinski definition) is 5. The number of anilines is 1. The van der Waals surface area contributed by atoms with Crippen molar-refractivity contribution in [2.45, 2.75) is 13.3 Å². The second-order valence-corrected chi connectivity index (χ2v) is 4.53. The SMILES string of the molecule is CN=C1CC(=Nc2ccc(N)cc2OC)C(C)=CC1=O. The summed E-state index contributed by atoms with van der Waals surface area (Å²) in [5, 5.41) is 0. The first-order valence-corrected chi connectivity index (χ1v) is 6.25. The number of methoxy groups -OCH3 is 1. The van der Waals surface area contributed by atoms with Gasteiger partial charge in [-0.15, -0.1) is 0 Å². The van der Waals surface area contributed by atoms with Crippen molar-refractivity contribution in [1.82, 2.24) is 0 Å². The van der Waals surface area contributed by atoms with E-state index in [0.717, 1.165) is 11.3 Å². The smallest absolute Gasteiger partial charge is 0.200 e. The average molecular weight is 271 g/mol. The molecule has 2 rings (SSSR count). The normalized spacial score (nSPS) is 19.4. The summed E-state index contributed by atoms with van der Waals surface area (Å²) in [4.78, 5) is 20.3. The number of hydrogen-bond donors (Lipinski definition) is 1. The van der Waals surface area contributed by atoms with Crippen molar-refractivity contribution in [3.8, 4) is 5.75 Å². The van der Waals surface area contributed by atoms with Crippen LogP contribution in [0.2, 0.25) is 0 Å². The van der Waals surface area contributed by atoms with Gasteiger partial charge in [-0.2, -0.15) is 0 Å². The molecule has 1 aliphatic carbocycles. The molecule has 0 atom stereocenters. The Balaban J connectivity index is 2.45. The summed E-state index contributed by atoms with van der Waals surface area (Å²) < 4.78 is 5.27. The minimum Gasteiger partial charge on any atom is -0.494 e. The number of rotatable bonds is 2. The number of nitrogens with two attached hydrogens (primary N) is 1. The van der Waals surface area contributed by atoms with Gasteiger partial charge in [-0.1, -0.05) is 0 Å². The van der Waals surface area contributed by atoms with Crippen molar-refractivity contribution in [3.05, 3.63) is 29.8 Å². The van der Waals surface area contributed by atoms with Crippen LogP contribution in [-0.2, 0) is 4.79 Å². The third-order valence-corrected chi connectivity index (χ3v) is 3.15. The standard InChI is InChI=1S/C15H17N3O2/c1-9-6-14(19)13(17-2)8-12(9)18-11-5-4-10(16)7-15(11)20-3/h4-7H,8,16H2,1-3H3. The molecule has 1 aromatic carbocycles. The Morgan fingerprint density at radius 2 is 2.05 bits per heavy atom. The predicted octanol–water partition coefficient (Wildman–Crippen LogP) is 2.34. The highest BCUT2D eigenvalue weighted by atomic mass is 16.5. The van der Waals surface area contributed by atoms with Gasteiger partial charge in [-0.25, -0.2) is 4.99 Å². The molecule has 5 heteroatoms. The Kier molecular flexibility index (Phi) is 3.98. The van der Waals surface area contributed by atoms with Crippen LogP contribution in [0, 0.1) is 0 Å². The van der Waals surface area contributed by atoms with E-state index in [-0.39, 0.29) is 5.78 Å². The predicted molar refractivity (Wildman–Crippen MR) is 81.2 cm³/mol. The molecule has 1 aliphatic rings. The molecule has 20 heavy (non-hydrogen) atoms. The topological polar surface area (TPSA) is 77.0 Å². The molecule has 0 unspecified atom stereocenters. The third-order valence-electron chi connectivity index (χ3n) is 3.15. The number of nitrogen functional groups attached to an aromatic ring is 1. The van der Waals surface area contributed by atoms with Crippen molar-refractivity contribution in [1.29, 1.82) is 0 Å². The molecule has 1 aromatic rings. The molecule has 0 heterocycles. The van der Waals surface area contributed by atoms with Crippen molar-refractivity contribution in [2.75, 3.05) is 19.9 Å². The number of benzene rings is 1. The van der Waals surface area contributed by atoms with Gasteiger partial charge >= 0.3 is 0 Å². The van der Waals surface area contributed by atoms with E-state index in [9.17, 15) is 4.79 Å². The van der Waals surface area contributed by atoms with Crippen LogP contribution in [0.4, 0.5) is 11.4 Å². The largest absolute Gasteiger partial charge is 0.494 e. The van der Waals surface area contributed by atoms with Crippen LogP contribution in [0.1, 0.15) is 13.3 Å². The van der Waals surface area contributed by atoms with E-state index in [2.05, 4.69) is 9.98 Å². The second kappa shape index (κ2) is 5.69. The van der Waals surface area contributed by atoms with Crippen molar-refractivity contribution >= 4 is 28.6 Å². The molecule has 0 saturated carbocycles. The summed E-state index contributed by atoms with van der Waals surface area (Å²) in [6, 6.07) is 5.29. The van der Waals surface area contributed by atoms with E-state index in [4.69, 9.17) is 10.5 Å². The minimum absolute atomic E-state index is 0.0479. The lowest BCUT2D eigenvalue weighted by molar-refractivity contribution is -0.109. The summed E-state index contributed by atoms with van der Waals surface area (Å²) in [5.41, 5.74) is 9.21. The molecule has 0 bridgehead atoms. The number of carbonyl (C=O) groups excluding carboxylic acids is 1.